The Hall–Kier alpha value is -2.92. The number of rotatable bonds is 2. The highest BCUT2D eigenvalue weighted by Crippen LogP contribution is 2.18. The van der Waals surface area contributed by atoms with E-state index in [0.29, 0.717) is 5.56 Å². The van der Waals surface area contributed by atoms with Crippen LogP contribution in [0.4, 0.5) is 0 Å². The minimum atomic E-state index is 0.677. The minimum absolute atomic E-state index is 0.677. The van der Waals surface area contributed by atoms with E-state index in [1.54, 1.807) is 0 Å². The average molecular weight is 256 g/mol. The second kappa shape index (κ2) is 5.38. The number of fused-ring (bicyclic) bond motifs is 1. The van der Waals surface area contributed by atoms with Crippen LogP contribution < -0.4 is 0 Å². The molecule has 0 unspecified atom stereocenters. The molecule has 0 amide bonds. The molecule has 0 radical (unpaired) electrons. The standard InChI is InChI=1S/C18H12N2/c19-13-15-7-5-14(6-8-15)9-10-16-11-12-20-18-4-2-1-3-17(16)18/h1-12H. The summed E-state index contributed by atoms with van der Waals surface area (Å²) in [4.78, 5) is 4.35. The molecule has 0 saturated heterocycles. The van der Waals surface area contributed by atoms with Gasteiger partial charge < -0.3 is 0 Å². The first-order valence-electron chi connectivity index (χ1n) is 6.39. The van der Waals surface area contributed by atoms with Gasteiger partial charge in [-0.1, -0.05) is 42.5 Å². The normalized spacial score (nSPS) is 10.8. The summed E-state index contributed by atoms with van der Waals surface area (Å²) in [6.07, 6.45) is 5.94. The van der Waals surface area contributed by atoms with Crippen molar-refractivity contribution >= 4 is 23.1 Å². The van der Waals surface area contributed by atoms with Gasteiger partial charge in [0.2, 0.25) is 0 Å². The van der Waals surface area contributed by atoms with Crippen molar-refractivity contribution in [3.63, 3.8) is 0 Å². The SMILES string of the molecule is N#Cc1ccc(C=Cc2ccnc3ccccc23)cc1. The molecule has 3 rings (SSSR count). The molecule has 1 aromatic heterocycles. The Morgan fingerprint density at radius 2 is 1.70 bits per heavy atom. The van der Waals surface area contributed by atoms with Gasteiger partial charge >= 0.3 is 0 Å². The lowest BCUT2D eigenvalue weighted by Gasteiger charge is -2.01. The van der Waals surface area contributed by atoms with Gasteiger partial charge in [-0.05, 0) is 35.4 Å². The van der Waals surface area contributed by atoms with Crippen molar-refractivity contribution in [3.8, 4) is 6.07 Å². The molecule has 0 aliphatic carbocycles. The molecule has 1 heterocycles. The number of pyridine rings is 1. The van der Waals surface area contributed by atoms with E-state index in [-0.39, 0.29) is 0 Å². The van der Waals surface area contributed by atoms with E-state index in [0.717, 1.165) is 22.0 Å². The van der Waals surface area contributed by atoms with Gasteiger partial charge in [0.25, 0.3) is 0 Å². The van der Waals surface area contributed by atoms with E-state index in [9.17, 15) is 0 Å². The second-order valence-electron chi connectivity index (χ2n) is 4.48. The predicted octanol–water partition coefficient (Wildman–Crippen LogP) is 4.28. The van der Waals surface area contributed by atoms with Crippen molar-refractivity contribution in [1.29, 1.82) is 5.26 Å². The number of aromatic nitrogens is 1. The fourth-order valence-electron chi connectivity index (χ4n) is 2.12. The predicted molar refractivity (Wildman–Crippen MR) is 81.8 cm³/mol. The van der Waals surface area contributed by atoms with E-state index in [1.807, 2.05) is 60.8 Å². The van der Waals surface area contributed by atoms with Crippen LogP contribution in [0.5, 0.6) is 0 Å². The van der Waals surface area contributed by atoms with Gasteiger partial charge in [0.05, 0.1) is 17.1 Å². The molecular formula is C18H12N2. The summed E-state index contributed by atoms with van der Waals surface area (Å²) in [6, 6.07) is 19.7. The quantitative estimate of drug-likeness (QED) is 0.686. The fraction of sp³-hybridized carbons (Fsp3) is 0. The van der Waals surface area contributed by atoms with Gasteiger partial charge in [-0.25, -0.2) is 0 Å². The lowest BCUT2D eigenvalue weighted by molar-refractivity contribution is 1.41. The van der Waals surface area contributed by atoms with Crippen molar-refractivity contribution < 1.29 is 0 Å². The number of hydrogen-bond donors (Lipinski definition) is 0. The van der Waals surface area contributed by atoms with Gasteiger partial charge in [-0.15, -0.1) is 0 Å². The summed E-state index contributed by atoms with van der Waals surface area (Å²) in [5.41, 5.74) is 3.89. The molecule has 2 aromatic carbocycles. The molecule has 0 aliphatic rings. The monoisotopic (exact) mass is 256 g/mol. The van der Waals surface area contributed by atoms with E-state index in [2.05, 4.69) is 23.2 Å². The van der Waals surface area contributed by atoms with Gasteiger partial charge in [0.1, 0.15) is 0 Å². The number of hydrogen-bond acceptors (Lipinski definition) is 2. The van der Waals surface area contributed by atoms with Crippen molar-refractivity contribution in [3.05, 3.63) is 77.5 Å². The number of nitrogens with zero attached hydrogens (tertiary/aromatic N) is 2. The zero-order chi connectivity index (χ0) is 13.8. The lowest BCUT2D eigenvalue weighted by atomic mass is 10.1. The lowest BCUT2D eigenvalue weighted by Crippen LogP contribution is -1.81. The van der Waals surface area contributed by atoms with Crippen LogP contribution in [0.15, 0.2) is 60.8 Å². The van der Waals surface area contributed by atoms with Crippen molar-refractivity contribution in [2.45, 2.75) is 0 Å². The largest absolute Gasteiger partial charge is 0.256 e. The maximum absolute atomic E-state index is 8.78. The van der Waals surface area contributed by atoms with E-state index in [4.69, 9.17) is 5.26 Å². The zero-order valence-electron chi connectivity index (χ0n) is 10.8. The summed E-state index contributed by atoms with van der Waals surface area (Å²) < 4.78 is 0. The first-order valence-corrected chi connectivity index (χ1v) is 6.39. The Bertz CT molecular complexity index is 803. The summed E-state index contributed by atoms with van der Waals surface area (Å²) in [7, 11) is 0. The van der Waals surface area contributed by atoms with Crippen molar-refractivity contribution in [2.75, 3.05) is 0 Å². The Labute approximate surface area is 117 Å². The Balaban J connectivity index is 1.96. The molecule has 20 heavy (non-hydrogen) atoms. The maximum atomic E-state index is 8.78. The smallest absolute Gasteiger partial charge is 0.0991 e. The highest BCUT2D eigenvalue weighted by atomic mass is 14.6. The fourth-order valence-corrected chi connectivity index (χ4v) is 2.12. The third-order valence-corrected chi connectivity index (χ3v) is 3.18. The number of benzene rings is 2. The van der Waals surface area contributed by atoms with Gasteiger partial charge in [0.15, 0.2) is 0 Å². The maximum Gasteiger partial charge on any atom is 0.0991 e. The molecule has 3 aromatic rings. The Morgan fingerprint density at radius 1 is 0.900 bits per heavy atom. The summed E-state index contributed by atoms with van der Waals surface area (Å²) in [5.74, 6) is 0. The Morgan fingerprint density at radius 3 is 2.50 bits per heavy atom. The second-order valence-corrected chi connectivity index (χ2v) is 4.48. The first-order chi connectivity index (χ1) is 9.86. The highest BCUT2D eigenvalue weighted by molar-refractivity contribution is 5.90. The summed E-state index contributed by atoms with van der Waals surface area (Å²) in [5, 5.41) is 9.92. The van der Waals surface area contributed by atoms with E-state index < -0.39 is 0 Å². The van der Waals surface area contributed by atoms with E-state index >= 15 is 0 Å². The molecule has 0 aliphatic heterocycles. The van der Waals surface area contributed by atoms with Gasteiger partial charge in [-0.3, -0.25) is 4.98 Å². The highest BCUT2D eigenvalue weighted by Gasteiger charge is 1.97. The van der Waals surface area contributed by atoms with Crippen LogP contribution in [0, 0.1) is 11.3 Å². The molecule has 0 atom stereocenters. The van der Waals surface area contributed by atoms with Crippen LogP contribution in [0.25, 0.3) is 23.1 Å². The molecule has 94 valence electrons. The van der Waals surface area contributed by atoms with Gasteiger partial charge in [0, 0.05) is 11.6 Å². The molecule has 0 bridgehead atoms. The zero-order valence-corrected chi connectivity index (χ0v) is 10.8. The Kier molecular flexibility index (Phi) is 3.26. The van der Waals surface area contributed by atoms with Crippen LogP contribution >= 0.6 is 0 Å². The van der Waals surface area contributed by atoms with Crippen LogP contribution in [-0.2, 0) is 0 Å². The third-order valence-electron chi connectivity index (χ3n) is 3.18. The van der Waals surface area contributed by atoms with Crippen LogP contribution in [0.1, 0.15) is 16.7 Å². The summed E-state index contributed by atoms with van der Waals surface area (Å²) >= 11 is 0. The van der Waals surface area contributed by atoms with Crippen molar-refractivity contribution in [1.82, 2.24) is 4.98 Å². The molecule has 0 saturated carbocycles. The third kappa shape index (κ3) is 2.43. The van der Waals surface area contributed by atoms with Crippen LogP contribution in [-0.4, -0.2) is 4.98 Å². The minimum Gasteiger partial charge on any atom is -0.256 e. The molecule has 0 fully saturated rings. The summed E-state index contributed by atoms with van der Waals surface area (Å²) in [6.45, 7) is 0. The molecule has 2 nitrogen and oxygen atoms in total. The average Bonchev–Trinajstić information content (AvgIpc) is 2.53. The molecule has 0 spiro atoms. The molecular weight excluding hydrogens is 244 g/mol. The van der Waals surface area contributed by atoms with E-state index in [1.165, 1.54) is 0 Å². The number of para-hydroxylation sites is 1. The molecule has 2 heteroatoms. The topological polar surface area (TPSA) is 36.7 Å². The van der Waals surface area contributed by atoms with Crippen LogP contribution in [0.3, 0.4) is 0 Å². The van der Waals surface area contributed by atoms with Crippen molar-refractivity contribution in [2.24, 2.45) is 0 Å². The number of nitriles is 1. The first kappa shape index (κ1) is 12.1. The molecule has 0 N–H and O–H groups in total. The van der Waals surface area contributed by atoms with Crippen LogP contribution in [0.2, 0.25) is 0 Å². The van der Waals surface area contributed by atoms with Gasteiger partial charge in [-0.2, -0.15) is 5.26 Å².